The van der Waals surface area contributed by atoms with Crippen molar-refractivity contribution in [2.75, 3.05) is 6.26 Å². The maximum absolute atomic E-state index is 10.8. The van der Waals surface area contributed by atoms with Crippen LogP contribution in [0.25, 0.3) is 0 Å². The van der Waals surface area contributed by atoms with Crippen LogP contribution in [0.2, 0.25) is 0 Å². The van der Waals surface area contributed by atoms with Crippen molar-refractivity contribution < 1.29 is 8.42 Å². The Balaban J connectivity index is 4.51. The van der Waals surface area contributed by atoms with Crippen LogP contribution in [0.1, 0.15) is 6.92 Å². The molecule has 12 heavy (non-hydrogen) atoms. The van der Waals surface area contributed by atoms with Gasteiger partial charge < -0.3 is 0 Å². The van der Waals surface area contributed by atoms with Gasteiger partial charge in [0.1, 0.15) is 0 Å². The Hall–Kier alpha value is -0.540. The zero-order valence-corrected chi connectivity index (χ0v) is 8.61. The van der Waals surface area contributed by atoms with Crippen LogP contribution < -0.4 is 0 Å². The van der Waals surface area contributed by atoms with E-state index < -0.39 is 9.84 Å². The number of halogens is 1. The van der Waals surface area contributed by atoms with Gasteiger partial charge >= 0.3 is 0 Å². The van der Waals surface area contributed by atoms with E-state index in [1.807, 2.05) is 0 Å². The van der Waals surface area contributed by atoms with E-state index in [1.165, 1.54) is 12.2 Å². The van der Waals surface area contributed by atoms with Crippen LogP contribution in [-0.2, 0) is 9.84 Å². The summed E-state index contributed by atoms with van der Waals surface area (Å²) in [6, 6.07) is 0. The molecule has 0 unspecified atom stereocenters. The molecule has 68 valence electrons. The lowest BCUT2D eigenvalue weighted by Gasteiger charge is -1.93. The maximum Gasteiger partial charge on any atom is 0.174 e. The SMILES string of the molecule is C=C(/C=C\C(Cl)=C/C)S(C)(=O)=O. The molecule has 0 radical (unpaired) electrons. The summed E-state index contributed by atoms with van der Waals surface area (Å²) < 4.78 is 21.6. The van der Waals surface area contributed by atoms with Gasteiger partial charge in [-0.15, -0.1) is 0 Å². The molecule has 0 aliphatic heterocycles. The van der Waals surface area contributed by atoms with Crippen LogP contribution in [-0.4, -0.2) is 14.7 Å². The summed E-state index contributed by atoms with van der Waals surface area (Å²) in [5, 5.41) is 0.486. The molecule has 0 aliphatic rings. The summed E-state index contributed by atoms with van der Waals surface area (Å²) >= 11 is 5.60. The minimum atomic E-state index is -3.17. The van der Waals surface area contributed by atoms with Crippen molar-refractivity contribution in [3.8, 4) is 0 Å². The van der Waals surface area contributed by atoms with E-state index in [0.29, 0.717) is 5.03 Å². The molecule has 0 aromatic rings. The second-order valence-corrected chi connectivity index (χ2v) is 4.75. The van der Waals surface area contributed by atoms with Crippen LogP contribution in [0, 0.1) is 0 Å². The fraction of sp³-hybridized carbons (Fsp3) is 0.250. The minimum absolute atomic E-state index is 0.0579. The second-order valence-electron chi connectivity index (χ2n) is 2.25. The van der Waals surface area contributed by atoms with E-state index in [0.717, 1.165) is 6.26 Å². The molecule has 0 amide bonds. The third kappa shape index (κ3) is 4.36. The van der Waals surface area contributed by atoms with E-state index in [4.69, 9.17) is 11.6 Å². The molecule has 0 aromatic carbocycles. The van der Waals surface area contributed by atoms with Gasteiger partial charge in [-0.1, -0.05) is 24.3 Å². The quantitative estimate of drug-likeness (QED) is 0.664. The Morgan fingerprint density at radius 2 is 1.92 bits per heavy atom. The van der Waals surface area contributed by atoms with Gasteiger partial charge in [-0.3, -0.25) is 0 Å². The minimum Gasteiger partial charge on any atom is -0.224 e. The van der Waals surface area contributed by atoms with Crippen molar-refractivity contribution in [2.45, 2.75) is 6.92 Å². The number of sulfone groups is 1. The Morgan fingerprint density at radius 1 is 1.42 bits per heavy atom. The lowest BCUT2D eigenvalue weighted by Crippen LogP contribution is -1.95. The molecule has 0 bridgehead atoms. The van der Waals surface area contributed by atoms with E-state index in [-0.39, 0.29) is 4.91 Å². The van der Waals surface area contributed by atoms with Crippen LogP contribution in [0.3, 0.4) is 0 Å². The van der Waals surface area contributed by atoms with Gasteiger partial charge in [0.05, 0.1) is 4.91 Å². The van der Waals surface area contributed by atoms with Gasteiger partial charge in [0.2, 0.25) is 0 Å². The predicted molar refractivity (Wildman–Crippen MR) is 52.7 cm³/mol. The Labute approximate surface area is 78.2 Å². The van der Waals surface area contributed by atoms with Crippen molar-refractivity contribution in [3.63, 3.8) is 0 Å². The molecule has 0 saturated carbocycles. The maximum atomic E-state index is 10.8. The van der Waals surface area contributed by atoms with Gasteiger partial charge in [-0.25, -0.2) is 8.42 Å². The smallest absolute Gasteiger partial charge is 0.174 e. The molecule has 0 aromatic heterocycles. The average Bonchev–Trinajstić information content (AvgIpc) is 1.97. The summed E-state index contributed by atoms with van der Waals surface area (Å²) in [6.07, 6.45) is 5.62. The Morgan fingerprint density at radius 3 is 2.25 bits per heavy atom. The largest absolute Gasteiger partial charge is 0.224 e. The van der Waals surface area contributed by atoms with Gasteiger partial charge in [0.15, 0.2) is 9.84 Å². The summed E-state index contributed by atoms with van der Waals surface area (Å²) in [5.41, 5.74) is 0. The van der Waals surface area contributed by atoms with Crippen LogP contribution in [0.4, 0.5) is 0 Å². The average molecular weight is 207 g/mol. The van der Waals surface area contributed by atoms with Crippen molar-refractivity contribution in [1.82, 2.24) is 0 Å². The fourth-order valence-electron chi connectivity index (χ4n) is 0.392. The fourth-order valence-corrected chi connectivity index (χ4v) is 0.771. The van der Waals surface area contributed by atoms with E-state index in [9.17, 15) is 8.42 Å². The number of hydrogen-bond donors (Lipinski definition) is 0. The Kier molecular flexibility index (Phi) is 4.28. The van der Waals surface area contributed by atoms with Crippen LogP contribution in [0.5, 0.6) is 0 Å². The predicted octanol–water partition coefficient (Wildman–Crippen LogP) is 2.24. The third-order valence-electron chi connectivity index (χ3n) is 1.18. The highest BCUT2D eigenvalue weighted by atomic mass is 35.5. The highest BCUT2D eigenvalue weighted by molar-refractivity contribution is 7.94. The summed E-state index contributed by atoms with van der Waals surface area (Å²) in [6.45, 7) is 5.13. The molecule has 0 spiro atoms. The van der Waals surface area contributed by atoms with Gasteiger partial charge in [-0.2, -0.15) is 0 Å². The monoisotopic (exact) mass is 206 g/mol. The normalized spacial score (nSPS) is 13.8. The van der Waals surface area contributed by atoms with E-state index in [2.05, 4.69) is 6.58 Å². The third-order valence-corrected chi connectivity index (χ3v) is 2.61. The van der Waals surface area contributed by atoms with Crippen molar-refractivity contribution in [1.29, 1.82) is 0 Å². The molecular formula is C8H11ClO2S. The second kappa shape index (κ2) is 4.48. The first kappa shape index (κ1) is 11.5. The zero-order valence-electron chi connectivity index (χ0n) is 7.04. The molecule has 0 atom stereocenters. The topological polar surface area (TPSA) is 34.1 Å². The molecule has 0 saturated heterocycles. The molecule has 0 rings (SSSR count). The number of hydrogen-bond acceptors (Lipinski definition) is 2. The molecule has 4 heteroatoms. The first-order chi connectivity index (χ1) is 5.38. The number of allylic oxidation sites excluding steroid dienone is 4. The first-order valence-electron chi connectivity index (χ1n) is 3.26. The molecule has 2 nitrogen and oxygen atoms in total. The van der Waals surface area contributed by atoms with E-state index in [1.54, 1.807) is 13.0 Å². The molecule has 0 fully saturated rings. The van der Waals surface area contributed by atoms with Crippen LogP contribution in [0.15, 0.2) is 34.7 Å². The summed E-state index contributed by atoms with van der Waals surface area (Å²) in [4.78, 5) is 0.0579. The summed E-state index contributed by atoms with van der Waals surface area (Å²) in [5.74, 6) is 0. The Bertz CT molecular complexity index is 323. The van der Waals surface area contributed by atoms with Gasteiger partial charge in [-0.05, 0) is 19.1 Å². The molecule has 0 aliphatic carbocycles. The lowest BCUT2D eigenvalue weighted by molar-refractivity contribution is 0.608. The van der Waals surface area contributed by atoms with Gasteiger partial charge in [0.25, 0.3) is 0 Å². The molecule has 0 N–H and O–H groups in total. The van der Waals surface area contributed by atoms with Crippen molar-refractivity contribution in [3.05, 3.63) is 34.7 Å². The highest BCUT2D eigenvalue weighted by Gasteiger charge is 2.02. The van der Waals surface area contributed by atoms with Crippen LogP contribution >= 0.6 is 11.6 Å². The number of rotatable bonds is 3. The van der Waals surface area contributed by atoms with Crippen molar-refractivity contribution >= 4 is 21.4 Å². The lowest BCUT2D eigenvalue weighted by atomic mass is 10.4. The van der Waals surface area contributed by atoms with Crippen molar-refractivity contribution in [2.24, 2.45) is 0 Å². The first-order valence-corrected chi connectivity index (χ1v) is 5.53. The molecule has 0 heterocycles. The van der Waals surface area contributed by atoms with E-state index >= 15 is 0 Å². The highest BCUT2D eigenvalue weighted by Crippen LogP contribution is 2.08. The standard InChI is InChI=1S/C8H11ClO2S/c1-4-8(9)6-5-7(2)12(3,10)11/h4-6H,2H2,1,3H3/b6-5-,8-4+. The summed E-state index contributed by atoms with van der Waals surface area (Å²) in [7, 11) is -3.17. The van der Waals surface area contributed by atoms with Gasteiger partial charge in [0, 0.05) is 11.3 Å². The molecular weight excluding hydrogens is 196 g/mol. The zero-order chi connectivity index (χ0) is 9.78.